The van der Waals surface area contributed by atoms with E-state index in [4.69, 9.17) is 18.6 Å². The molecule has 0 saturated heterocycles. The van der Waals surface area contributed by atoms with Gasteiger partial charge in [-0.25, -0.2) is 4.79 Å². The van der Waals surface area contributed by atoms with E-state index in [1.165, 1.54) is 7.11 Å². The third-order valence-electron chi connectivity index (χ3n) is 4.92. The van der Waals surface area contributed by atoms with Gasteiger partial charge in [0.15, 0.2) is 0 Å². The monoisotopic (exact) mass is 330 g/mol. The summed E-state index contributed by atoms with van der Waals surface area (Å²) in [6.07, 6.45) is 0.948. The van der Waals surface area contributed by atoms with Crippen LogP contribution < -0.4 is 15.1 Å². The van der Waals surface area contributed by atoms with Crippen LogP contribution in [0.1, 0.15) is 41.2 Å². The summed E-state index contributed by atoms with van der Waals surface area (Å²) in [6.45, 7) is 0. The highest BCUT2D eigenvalue weighted by Gasteiger charge is 2.43. The standard InChI is InChI=1S/C17H14O7/c1-21-9-5-10-11(6-2-3-22-17(6)23-10)15-14(9)12-7(18)4-8(19)13(12)16(20)24-15/h2-3,5-8,17-19H,4H2,1H3/t6-,7?,8?,17+/m0/s1. The number of aliphatic hydroxyl groups excluding tert-OH is 2. The summed E-state index contributed by atoms with van der Waals surface area (Å²) in [5.74, 6) is 0.744. The van der Waals surface area contributed by atoms with Crippen molar-refractivity contribution in [3.8, 4) is 11.5 Å². The van der Waals surface area contributed by atoms with E-state index in [0.29, 0.717) is 33.6 Å². The van der Waals surface area contributed by atoms with Crippen LogP contribution in [0, 0.1) is 0 Å². The molecule has 2 aliphatic heterocycles. The Morgan fingerprint density at radius 2 is 2.00 bits per heavy atom. The van der Waals surface area contributed by atoms with Crippen LogP contribution in [0.15, 0.2) is 27.6 Å². The lowest BCUT2D eigenvalue weighted by molar-refractivity contribution is -0.00485. The molecule has 0 saturated carbocycles. The molecule has 0 bridgehead atoms. The Morgan fingerprint density at radius 1 is 1.21 bits per heavy atom. The number of aliphatic hydroxyl groups is 2. The Labute approximate surface area is 135 Å². The van der Waals surface area contributed by atoms with Crippen molar-refractivity contribution in [1.29, 1.82) is 0 Å². The zero-order chi connectivity index (χ0) is 16.6. The molecule has 0 fully saturated rings. The van der Waals surface area contributed by atoms with Crippen molar-refractivity contribution in [3.05, 3.63) is 45.5 Å². The molecule has 0 radical (unpaired) electrons. The molecule has 5 rings (SSSR count). The largest absolute Gasteiger partial charge is 0.496 e. The number of rotatable bonds is 1. The minimum Gasteiger partial charge on any atom is -0.496 e. The van der Waals surface area contributed by atoms with Crippen LogP contribution in [-0.4, -0.2) is 23.6 Å². The molecule has 2 aromatic rings. The summed E-state index contributed by atoms with van der Waals surface area (Å²) in [6, 6.07) is 1.70. The van der Waals surface area contributed by atoms with Gasteiger partial charge in [0.1, 0.15) is 17.1 Å². The number of hydrogen-bond donors (Lipinski definition) is 2. The van der Waals surface area contributed by atoms with E-state index in [1.54, 1.807) is 12.3 Å². The molecule has 0 amide bonds. The molecule has 1 aromatic carbocycles. The molecule has 0 spiro atoms. The average molecular weight is 330 g/mol. The van der Waals surface area contributed by atoms with Gasteiger partial charge in [0.05, 0.1) is 48.0 Å². The summed E-state index contributed by atoms with van der Waals surface area (Å²) in [5, 5.41) is 20.9. The van der Waals surface area contributed by atoms with Crippen molar-refractivity contribution in [3.63, 3.8) is 0 Å². The lowest BCUT2D eigenvalue weighted by Crippen LogP contribution is -2.14. The zero-order valence-electron chi connectivity index (χ0n) is 12.7. The van der Waals surface area contributed by atoms with Crippen LogP contribution in [-0.2, 0) is 4.74 Å². The fourth-order valence-electron chi connectivity index (χ4n) is 3.91. The van der Waals surface area contributed by atoms with Crippen LogP contribution in [0.5, 0.6) is 11.5 Å². The average Bonchev–Trinajstić information content (AvgIpc) is 3.19. The van der Waals surface area contributed by atoms with Crippen LogP contribution in [0.4, 0.5) is 0 Å². The minimum atomic E-state index is -1.05. The normalized spacial score (nSPS) is 29.1. The molecule has 2 N–H and O–H groups in total. The second-order valence-corrected chi connectivity index (χ2v) is 6.16. The number of fused-ring (bicyclic) bond motifs is 7. The van der Waals surface area contributed by atoms with Gasteiger partial charge in [-0.05, 0) is 6.08 Å². The first-order valence-electron chi connectivity index (χ1n) is 7.66. The molecule has 7 heteroatoms. The van der Waals surface area contributed by atoms with E-state index >= 15 is 0 Å². The third kappa shape index (κ3) is 1.55. The Kier molecular flexibility index (Phi) is 2.62. The van der Waals surface area contributed by atoms with Gasteiger partial charge in [-0.15, -0.1) is 0 Å². The molecular formula is C17H14O7. The number of methoxy groups -OCH3 is 1. The molecule has 124 valence electrons. The molecule has 3 aliphatic rings. The van der Waals surface area contributed by atoms with E-state index in [9.17, 15) is 15.0 Å². The number of ether oxygens (including phenoxy) is 3. The molecule has 7 nitrogen and oxygen atoms in total. The number of hydrogen-bond acceptors (Lipinski definition) is 7. The SMILES string of the molecule is COc1cc2c(c3oc(=O)c4c(c13)C(O)CC4O)[C@@H]1C=CO[C@@H]1O2. The van der Waals surface area contributed by atoms with E-state index in [-0.39, 0.29) is 17.9 Å². The Morgan fingerprint density at radius 3 is 2.79 bits per heavy atom. The number of benzene rings is 1. The van der Waals surface area contributed by atoms with Crippen molar-refractivity contribution in [2.75, 3.05) is 7.11 Å². The summed E-state index contributed by atoms with van der Waals surface area (Å²) in [4.78, 5) is 12.4. The van der Waals surface area contributed by atoms with E-state index in [2.05, 4.69) is 0 Å². The van der Waals surface area contributed by atoms with Gasteiger partial charge in [-0.3, -0.25) is 0 Å². The minimum absolute atomic E-state index is 0.0605. The first-order valence-corrected chi connectivity index (χ1v) is 7.66. The first kappa shape index (κ1) is 13.9. The van der Waals surface area contributed by atoms with Gasteiger partial charge < -0.3 is 28.8 Å². The highest BCUT2D eigenvalue weighted by Crippen LogP contribution is 2.52. The van der Waals surface area contributed by atoms with E-state index in [0.717, 1.165) is 0 Å². The second kappa shape index (κ2) is 4.52. The van der Waals surface area contributed by atoms with Crippen molar-refractivity contribution in [2.24, 2.45) is 0 Å². The van der Waals surface area contributed by atoms with Gasteiger partial charge in [-0.2, -0.15) is 0 Å². The quantitative estimate of drug-likeness (QED) is 0.767. The van der Waals surface area contributed by atoms with E-state index < -0.39 is 24.1 Å². The van der Waals surface area contributed by atoms with Crippen LogP contribution in [0.25, 0.3) is 11.0 Å². The molecule has 1 aliphatic carbocycles. The highest BCUT2D eigenvalue weighted by atomic mass is 16.7. The maximum atomic E-state index is 12.4. The Bertz CT molecular complexity index is 958. The zero-order valence-corrected chi connectivity index (χ0v) is 12.7. The second-order valence-electron chi connectivity index (χ2n) is 6.16. The van der Waals surface area contributed by atoms with Gasteiger partial charge >= 0.3 is 5.63 Å². The highest BCUT2D eigenvalue weighted by molar-refractivity contribution is 5.94. The predicted octanol–water partition coefficient (Wildman–Crippen LogP) is 1.62. The maximum Gasteiger partial charge on any atom is 0.342 e. The van der Waals surface area contributed by atoms with Crippen molar-refractivity contribution >= 4 is 11.0 Å². The van der Waals surface area contributed by atoms with Gasteiger partial charge in [0.2, 0.25) is 0 Å². The topological polar surface area (TPSA) is 98.4 Å². The smallest absolute Gasteiger partial charge is 0.342 e. The van der Waals surface area contributed by atoms with Crippen LogP contribution in [0.2, 0.25) is 0 Å². The Balaban J connectivity index is 1.94. The summed E-state index contributed by atoms with van der Waals surface area (Å²) in [5.41, 5.74) is 0.826. The molecule has 4 atom stereocenters. The van der Waals surface area contributed by atoms with Crippen molar-refractivity contribution in [1.82, 2.24) is 0 Å². The maximum absolute atomic E-state index is 12.4. The van der Waals surface area contributed by atoms with Gasteiger partial charge in [-0.1, -0.05) is 0 Å². The summed E-state index contributed by atoms with van der Waals surface area (Å²) in [7, 11) is 1.49. The van der Waals surface area contributed by atoms with Crippen molar-refractivity contribution < 1.29 is 28.8 Å². The fourth-order valence-corrected chi connectivity index (χ4v) is 3.91. The molecule has 2 unspecified atom stereocenters. The predicted molar refractivity (Wildman–Crippen MR) is 81.0 cm³/mol. The van der Waals surface area contributed by atoms with Gasteiger partial charge in [0.25, 0.3) is 6.29 Å². The van der Waals surface area contributed by atoms with E-state index in [1.807, 2.05) is 6.08 Å². The summed E-state index contributed by atoms with van der Waals surface area (Å²) < 4.78 is 22.1. The Hall–Kier alpha value is -2.51. The fraction of sp³-hybridized carbons (Fsp3) is 0.353. The summed E-state index contributed by atoms with van der Waals surface area (Å²) >= 11 is 0. The first-order chi connectivity index (χ1) is 11.6. The van der Waals surface area contributed by atoms with Crippen molar-refractivity contribution in [2.45, 2.75) is 30.8 Å². The van der Waals surface area contributed by atoms with Crippen LogP contribution >= 0.6 is 0 Å². The molecule has 24 heavy (non-hydrogen) atoms. The van der Waals surface area contributed by atoms with Crippen LogP contribution in [0.3, 0.4) is 0 Å². The third-order valence-corrected chi connectivity index (χ3v) is 4.92. The lowest BCUT2D eigenvalue weighted by Gasteiger charge is -2.14. The molecule has 1 aromatic heterocycles. The molecule has 3 heterocycles. The lowest BCUT2D eigenvalue weighted by atomic mass is 9.95. The molecular weight excluding hydrogens is 316 g/mol. The van der Waals surface area contributed by atoms with Gasteiger partial charge in [0, 0.05) is 18.1 Å².